The lowest BCUT2D eigenvalue weighted by atomic mass is 10.2. The molecule has 2 N–H and O–H groups in total. The van der Waals surface area contributed by atoms with Crippen LogP contribution in [0.15, 0.2) is 30.6 Å². The molecule has 0 fully saturated rings. The fraction of sp³-hybridized carbons (Fsp3) is 0.273. The quantitative estimate of drug-likeness (QED) is 0.911. The zero-order valence-electron chi connectivity index (χ0n) is 9.35. The van der Waals surface area contributed by atoms with Gasteiger partial charge in [-0.3, -0.25) is 9.67 Å². The number of hydrogen-bond donors (Lipinski definition) is 1. The summed E-state index contributed by atoms with van der Waals surface area (Å²) >= 11 is 0. The van der Waals surface area contributed by atoms with E-state index in [-0.39, 0.29) is 6.54 Å². The standard InChI is InChI=1S/C11H11F3N4/c12-11(13,14)10-2-4-18(17-10)7-8-1-3-16-9(5-8)6-15/h1-5H,6-7,15H2. The van der Waals surface area contributed by atoms with Gasteiger partial charge in [0.05, 0.1) is 12.2 Å². The van der Waals surface area contributed by atoms with Gasteiger partial charge in [0.1, 0.15) is 0 Å². The van der Waals surface area contributed by atoms with Crippen LogP contribution in [0.1, 0.15) is 17.0 Å². The van der Waals surface area contributed by atoms with Gasteiger partial charge < -0.3 is 5.73 Å². The lowest BCUT2D eigenvalue weighted by Crippen LogP contribution is -2.09. The first-order chi connectivity index (χ1) is 8.49. The Kier molecular flexibility index (Phi) is 3.33. The minimum absolute atomic E-state index is 0.256. The van der Waals surface area contributed by atoms with Crippen molar-refractivity contribution in [3.8, 4) is 0 Å². The lowest BCUT2D eigenvalue weighted by Gasteiger charge is -2.04. The molecule has 0 radical (unpaired) electrons. The van der Waals surface area contributed by atoms with Crippen LogP contribution in [0.5, 0.6) is 0 Å². The summed E-state index contributed by atoms with van der Waals surface area (Å²) in [6.45, 7) is 0.548. The van der Waals surface area contributed by atoms with Crippen molar-refractivity contribution in [1.29, 1.82) is 0 Å². The largest absolute Gasteiger partial charge is 0.435 e. The minimum atomic E-state index is -4.41. The van der Waals surface area contributed by atoms with Gasteiger partial charge >= 0.3 is 6.18 Å². The Morgan fingerprint density at radius 2 is 2.06 bits per heavy atom. The summed E-state index contributed by atoms with van der Waals surface area (Å²) in [5.74, 6) is 0. The van der Waals surface area contributed by atoms with Crippen molar-refractivity contribution in [3.05, 3.63) is 47.5 Å². The summed E-state index contributed by atoms with van der Waals surface area (Å²) in [5, 5.41) is 3.47. The van der Waals surface area contributed by atoms with Gasteiger partial charge in [-0.1, -0.05) is 0 Å². The number of alkyl halides is 3. The Bertz CT molecular complexity index is 533. The van der Waals surface area contributed by atoms with Crippen LogP contribution in [0.25, 0.3) is 0 Å². The Balaban J connectivity index is 2.16. The minimum Gasteiger partial charge on any atom is -0.325 e. The summed E-state index contributed by atoms with van der Waals surface area (Å²) in [4.78, 5) is 4.01. The Morgan fingerprint density at radius 3 is 2.67 bits per heavy atom. The van der Waals surface area contributed by atoms with Gasteiger partial charge in [0.15, 0.2) is 5.69 Å². The number of aromatic nitrogens is 3. The van der Waals surface area contributed by atoms with Gasteiger partial charge in [-0.2, -0.15) is 18.3 Å². The highest BCUT2D eigenvalue weighted by atomic mass is 19.4. The van der Waals surface area contributed by atoms with Crippen molar-refractivity contribution in [3.63, 3.8) is 0 Å². The second-order valence-corrected chi connectivity index (χ2v) is 3.76. The smallest absolute Gasteiger partial charge is 0.325 e. The molecule has 0 amide bonds. The predicted octanol–water partition coefficient (Wildman–Crippen LogP) is 1.80. The topological polar surface area (TPSA) is 56.7 Å². The van der Waals surface area contributed by atoms with Crippen LogP contribution >= 0.6 is 0 Å². The second-order valence-electron chi connectivity index (χ2n) is 3.76. The molecule has 0 aliphatic heterocycles. The summed E-state index contributed by atoms with van der Waals surface area (Å²) in [6, 6.07) is 4.41. The summed E-state index contributed by atoms with van der Waals surface area (Å²) in [7, 11) is 0. The second kappa shape index (κ2) is 4.77. The number of pyridine rings is 1. The lowest BCUT2D eigenvalue weighted by molar-refractivity contribution is -0.141. The molecular formula is C11H11F3N4. The highest BCUT2D eigenvalue weighted by molar-refractivity contribution is 5.17. The highest BCUT2D eigenvalue weighted by Gasteiger charge is 2.33. The molecule has 0 saturated carbocycles. The van der Waals surface area contributed by atoms with Crippen molar-refractivity contribution in [2.45, 2.75) is 19.3 Å². The molecule has 18 heavy (non-hydrogen) atoms. The van der Waals surface area contributed by atoms with E-state index in [0.29, 0.717) is 12.2 Å². The Morgan fingerprint density at radius 1 is 1.28 bits per heavy atom. The van der Waals surface area contributed by atoms with Gasteiger partial charge in [-0.25, -0.2) is 0 Å². The molecule has 0 bridgehead atoms. The first-order valence-electron chi connectivity index (χ1n) is 5.23. The average molecular weight is 256 g/mol. The highest BCUT2D eigenvalue weighted by Crippen LogP contribution is 2.27. The van der Waals surface area contributed by atoms with Crippen LogP contribution in [-0.2, 0) is 19.3 Å². The summed E-state index contributed by atoms with van der Waals surface area (Å²) in [6.07, 6.45) is -1.54. The Hall–Kier alpha value is -1.89. The molecule has 0 aliphatic carbocycles. The van der Waals surface area contributed by atoms with Gasteiger partial charge in [0.2, 0.25) is 0 Å². The molecule has 0 atom stereocenters. The maximum atomic E-state index is 12.4. The number of nitrogens with zero attached hydrogens (tertiary/aromatic N) is 3. The van der Waals surface area contributed by atoms with E-state index in [1.807, 2.05) is 0 Å². The van der Waals surface area contributed by atoms with Crippen LogP contribution in [0.4, 0.5) is 13.2 Å². The average Bonchev–Trinajstić information content (AvgIpc) is 2.77. The third-order valence-corrected chi connectivity index (χ3v) is 2.37. The van der Waals surface area contributed by atoms with Crippen molar-refractivity contribution in [1.82, 2.24) is 14.8 Å². The molecule has 0 spiro atoms. The van der Waals surface area contributed by atoms with Crippen LogP contribution in [0.3, 0.4) is 0 Å². The molecule has 0 aliphatic rings. The van der Waals surface area contributed by atoms with Crippen LogP contribution < -0.4 is 5.73 Å². The third kappa shape index (κ3) is 2.86. The van der Waals surface area contributed by atoms with Gasteiger partial charge in [-0.05, 0) is 23.8 Å². The summed E-state index contributed by atoms with van der Waals surface area (Å²) < 4.78 is 38.3. The third-order valence-electron chi connectivity index (χ3n) is 2.37. The zero-order valence-corrected chi connectivity index (χ0v) is 9.35. The van der Waals surface area contributed by atoms with E-state index < -0.39 is 11.9 Å². The first kappa shape index (κ1) is 12.6. The Labute approximate surface area is 101 Å². The van der Waals surface area contributed by atoms with Crippen LogP contribution in [0, 0.1) is 0 Å². The van der Waals surface area contributed by atoms with E-state index in [9.17, 15) is 13.2 Å². The van der Waals surface area contributed by atoms with Crippen molar-refractivity contribution >= 4 is 0 Å². The van der Waals surface area contributed by atoms with Crippen molar-refractivity contribution in [2.24, 2.45) is 5.73 Å². The van der Waals surface area contributed by atoms with E-state index >= 15 is 0 Å². The first-order valence-corrected chi connectivity index (χ1v) is 5.23. The van der Waals surface area contributed by atoms with E-state index in [4.69, 9.17) is 5.73 Å². The molecule has 2 heterocycles. The molecule has 0 unspecified atom stereocenters. The summed E-state index contributed by atoms with van der Waals surface area (Å²) in [5.41, 5.74) is 6.04. The van der Waals surface area contributed by atoms with Crippen LogP contribution in [-0.4, -0.2) is 14.8 Å². The number of hydrogen-bond acceptors (Lipinski definition) is 3. The number of halogens is 3. The molecule has 4 nitrogen and oxygen atoms in total. The predicted molar refractivity (Wildman–Crippen MR) is 58.5 cm³/mol. The molecule has 2 aromatic heterocycles. The number of rotatable bonds is 3. The van der Waals surface area contributed by atoms with E-state index in [0.717, 1.165) is 11.6 Å². The van der Waals surface area contributed by atoms with E-state index in [2.05, 4.69) is 10.1 Å². The van der Waals surface area contributed by atoms with Crippen LogP contribution in [0.2, 0.25) is 0 Å². The molecule has 0 aromatic carbocycles. The van der Waals surface area contributed by atoms with E-state index in [1.54, 1.807) is 18.3 Å². The fourth-order valence-corrected chi connectivity index (χ4v) is 1.53. The molecular weight excluding hydrogens is 245 g/mol. The maximum Gasteiger partial charge on any atom is 0.435 e. The molecule has 7 heteroatoms. The van der Waals surface area contributed by atoms with Crippen molar-refractivity contribution in [2.75, 3.05) is 0 Å². The fourth-order valence-electron chi connectivity index (χ4n) is 1.53. The molecule has 0 saturated heterocycles. The van der Waals surface area contributed by atoms with Gasteiger partial charge in [0, 0.05) is 18.9 Å². The molecule has 2 aromatic rings. The van der Waals surface area contributed by atoms with Gasteiger partial charge in [-0.15, -0.1) is 0 Å². The molecule has 96 valence electrons. The molecule has 2 rings (SSSR count). The van der Waals surface area contributed by atoms with Crippen molar-refractivity contribution < 1.29 is 13.2 Å². The SMILES string of the molecule is NCc1cc(Cn2ccc(C(F)(F)F)n2)ccn1. The van der Waals surface area contributed by atoms with E-state index in [1.165, 1.54) is 10.9 Å². The number of nitrogens with two attached hydrogens (primary N) is 1. The maximum absolute atomic E-state index is 12.4. The normalized spacial score (nSPS) is 11.8. The van der Waals surface area contributed by atoms with Gasteiger partial charge in [0.25, 0.3) is 0 Å². The monoisotopic (exact) mass is 256 g/mol. The zero-order chi connectivity index (χ0) is 13.2.